The van der Waals surface area contributed by atoms with Gasteiger partial charge in [0.1, 0.15) is 10.2 Å². The van der Waals surface area contributed by atoms with Gasteiger partial charge in [0.05, 0.1) is 12.5 Å². The number of nitrogens with one attached hydrogen (secondary N) is 1. The molecule has 1 aromatic heterocycles. The normalized spacial score (nSPS) is 26.8. The zero-order valence-corrected chi connectivity index (χ0v) is 7.42. The Morgan fingerprint density at radius 1 is 1.58 bits per heavy atom. The van der Waals surface area contributed by atoms with Crippen LogP contribution >= 0.6 is 12.6 Å². The van der Waals surface area contributed by atoms with Crippen molar-refractivity contribution < 1.29 is 0 Å². The highest BCUT2D eigenvalue weighted by atomic mass is 32.1. The molecule has 2 heterocycles. The number of nitrogens with zero attached hydrogens (tertiary/aromatic N) is 3. The maximum Gasteiger partial charge on any atom is 0.176 e. The van der Waals surface area contributed by atoms with E-state index in [-0.39, 0.29) is 0 Å². The quantitative estimate of drug-likeness (QED) is 0.519. The van der Waals surface area contributed by atoms with Gasteiger partial charge in [0.2, 0.25) is 0 Å². The van der Waals surface area contributed by atoms with E-state index in [9.17, 15) is 0 Å². The summed E-state index contributed by atoms with van der Waals surface area (Å²) in [7, 11) is 0. The standard InChI is InChI=1S/C7H8N4S/c1-7(12)3-8-2-5-6(11-7)10-4-9-5/h2-4,12H,1H3,(H,9,10,11). The predicted octanol–water partition coefficient (Wildman–Crippen LogP) is -0.502. The third-order valence-electron chi connectivity index (χ3n) is 1.50. The van der Waals surface area contributed by atoms with Crippen molar-refractivity contribution in [3.63, 3.8) is 0 Å². The Bertz CT molecular complexity index is 429. The minimum atomic E-state index is -0.559. The third-order valence-corrected chi connectivity index (χ3v) is 1.72. The number of thiol groups is 1. The number of aromatic amines is 1. The van der Waals surface area contributed by atoms with Crippen molar-refractivity contribution >= 4 is 25.0 Å². The molecular weight excluding hydrogens is 172 g/mol. The molecule has 4 nitrogen and oxygen atoms in total. The van der Waals surface area contributed by atoms with E-state index in [1.807, 2.05) is 6.92 Å². The molecule has 0 saturated carbocycles. The molecule has 5 heteroatoms. The van der Waals surface area contributed by atoms with E-state index < -0.39 is 4.87 Å². The first-order valence-electron chi connectivity index (χ1n) is 3.54. The fraction of sp³-hybridized carbons (Fsp3) is 0.286. The van der Waals surface area contributed by atoms with E-state index in [4.69, 9.17) is 0 Å². The van der Waals surface area contributed by atoms with Gasteiger partial charge < -0.3 is 4.98 Å². The summed E-state index contributed by atoms with van der Waals surface area (Å²) in [6, 6.07) is 0. The molecule has 1 atom stereocenters. The highest BCUT2D eigenvalue weighted by Gasteiger charge is 2.14. The van der Waals surface area contributed by atoms with Gasteiger partial charge in [-0.05, 0) is 6.92 Å². The molecule has 1 aromatic rings. The van der Waals surface area contributed by atoms with Crippen LogP contribution in [0.4, 0.5) is 0 Å². The Morgan fingerprint density at radius 2 is 2.42 bits per heavy atom. The molecule has 0 amide bonds. The molecule has 0 fully saturated rings. The lowest BCUT2D eigenvalue weighted by Gasteiger charge is -2.08. The first-order chi connectivity index (χ1) is 5.67. The van der Waals surface area contributed by atoms with E-state index in [0.717, 1.165) is 5.35 Å². The molecule has 0 spiro atoms. The molecule has 0 bridgehead atoms. The number of imidazole rings is 1. The largest absolute Gasteiger partial charge is 0.342 e. The second-order valence-corrected chi connectivity index (χ2v) is 3.66. The van der Waals surface area contributed by atoms with Gasteiger partial charge in [0.25, 0.3) is 0 Å². The van der Waals surface area contributed by atoms with Crippen LogP contribution < -0.4 is 10.8 Å². The maximum absolute atomic E-state index is 4.30. The number of H-pyrrole nitrogens is 1. The van der Waals surface area contributed by atoms with Crippen LogP contribution in [-0.2, 0) is 0 Å². The van der Waals surface area contributed by atoms with Crippen LogP contribution in [0, 0.1) is 0 Å². The van der Waals surface area contributed by atoms with Crippen LogP contribution in [0.2, 0.25) is 0 Å². The number of aliphatic imine (C=N–C) groups is 1. The molecule has 1 aliphatic rings. The minimum Gasteiger partial charge on any atom is -0.342 e. The molecule has 2 rings (SSSR count). The van der Waals surface area contributed by atoms with Gasteiger partial charge in [0.15, 0.2) is 5.49 Å². The lowest BCUT2D eigenvalue weighted by atomic mass is 10.4. The van der Waals surface area contributed by atoms with E-state index in [1.54, 1.807) is 18.7 Å². The molecule has 0 aliphatic carbocycles. The number of hydrogen-bond donors (Lipinski definition) is 2. The molecule has 1 N–H and O–H groups in total. The molecular formula is C7H8N4S. The number of fused-ring (bicyclic) bond motifs is 1. The molecule has 0 radical (unpaired) electrons. The Kier molecular flexibility index (Phi) is 1.54. The van der Waals surface area contributed by atoms with Crippen LogP contribution in [0.15, 0.2) is 16.3 Å². The Balaban J connectivity index is 2.75. The van der Waals surface area contributed by atoms with Crippen molar-refractivity contribution in [3.8, 4) is 0 Å². The smallest absolute Gasteiger partial charge is 0.176 e. The van der Waals surface area contributed by atoms with Crippen LogP contribution in [-0.4, -0.2) is 21.1 Å². The first-order valence-corrected chi connectivity index (χ1v) is 3.98. The fourth-order valence-corrected chi connectivity index (χ4v) is 1.14. The molecule has 0 aromatic carbocycles. The van der Waals surface area contributed by atoms with Crippen molar-refractivity contribution in [2.75, 3.05) is 0 Å². The van der Waals surface area contributed by atoms with Crippen molar-refractivity contribution in [2.45, 2.75) is 11.8 Å². The average molecular weight is 180 g/mol. The van der Waals surface area contributed by atoms with Crippen molar-refractivity contribution in [2.24, 2.45) is 9.98 Å². The maximum atomic E-state index is 4.30. The second-order valence-electron chi connectivity index (χ2n) is 2.75. The number of hydrogen-bond acceptors (Lipinski definition) is 4. The second kappa shape index (κ2) is 2.45. The summed E-state index contributed by atoms with van der Waals surface area (Å²) in [6.45, 7) is 1.86. The highest BCUT2D eigenvalue weighted by Crippen LogP contribution is 2.11. The summed E-state index contributed by atoms with van der Waals surface area (Å²) >= 11 is 4.30. The topological polar surface area (TPSA) is 53.4 Å². The van der Waals surface area contributed by atoms with Crippen molar-refractivity contribution in [1.82, 2.24) is 9.97 Å². The van der Waals surface area contributed by atoms with Gasteiger partial charge >= 0.3 is 0 Å². The van der Waals surface area contributed by atoms with Crippen LogP contribution in [0.3, 0.4) is 0 Å². The molecule has 1 unspecified atom stereocenters. The highest BCUT2D eigenvalue weighted by molar-refractivity contribution is 7.82. The summed E-state index contributed by atoms with van der Waals surface area (Å²) in [6.07, 6.45) is 4.95. The molecule has 1 aliphatic heterocycles. The van der Waals surface area contributed by atoms with E-state index >= 15 is 0 Å². The summed E-state index contributed by atoms with van der Waals surface area (Å²) in [4.78, 5) is 14.7. The zero-order valence-electron chi connectivity index (χ0n) is 6.52. The van der Waals surface area contributed by atoms with Gasteiger partial charge in [-0.2, -0.15) is 0 Å². The predicted molar refractivity (Wildman–Crippen MR) is 49.7 cm³/mol. The fourth-order valence-electron chi connectivity index (χ4n) is 0.977. The van der Waals surface area contributed by atoms with E-state index in [0.29, 0.717) is 5.49 Å². The minimum absolute atomic E-state index is 0.559. The molecule has 0 saturated heterocycles. The zero-order chi connectivity index (χ0) is 8.60. The lowest BCUT2D eigenvalue weighted by Crippen LogP contribution is -2.28. The van der Waals surface area contributed by atoms with Gasteiger partial charge in [0, 0.05) is 6.21 Å². The van der Waals surface area contributed by atoms with Gasteiger partial charge in [-0.25, -0.2) is 9.98 Å². The van der Waals surface area contributed by atoms with Crippen LogP contribution in [0.1, 0.15) is 6.92 Å². The van der Waals surface area contributed by atoms with Crippen LogP contribution in [0.5, 0.6) is 0 Å². The summed E-state index contributed by atoms with van der Waals surface area (Å²) in [5, 5.41) is 0.823. The summed E-state index contributed by atoms with van der Waals surface area (Å²) < 4.78 is 0. The summed E-state index contributed by atoms with van der Waals surface area (Å²) in [5.41, 5.74) is 0.657. The molecule has 12 heavy (non-hydrogen) atoms. The Labute approximate surface area is 74.6 Å². The van der Waals surface area contributed by atoms with Gasteiger partial charge in [-0.3, -0.25) is 4.99 Å². The van der Waals surface area contributed by atoms with E-state index in [2.05, 4.69) is 32.6 Å². The first kappa shape index (κ1) is 7.54. The lowest BCUT2D eigenvalue weighted by molar-refractivity contribution is 0.868. The van der Waals surface area contributed by atoms with Crippen molar-refractivity contribution in [1.29, 1.82) is 0 Å². The average Bonchev–Trinajstić information content (AvgIpc) is 2.31. The monoisotopic (exact) mass is 180 g/mol. The van der Waals surface area contributed by atoms with E-state index in [1.165, 1.54) is 0 Å². The van der Waals surface area contributed by atoms with Gasteiger partial charge in [-0.15, -0.1) is 12.6 Å². The van der Waals surface area contributed by atoms with Crippen molar-refractivity contribution in [3.05, 3.63) is 17.2 Å². The SMILES string of the molecule is CC1(S)C=NC=c2[nH]cnc2=N1. The van der Waals surface area contributed by atoms with Crippen LogP contribution in [0.25, 0.3) is 6.20 Å². The van der Waals surface area contributed by atoms with Gasteiger partial charge in [-0.1, -0.05) is 0 Å². The number of aromatic nitrogens is 2. The Morgan fingerprint density at radius 3 is 3.25 bits per heavy atom. The Hall–Kier alpha value is -1.10. The third kappa shape index (κ3) is 1.27. The number of rotatable bonds is 0. The summed E-state index contributed by atoms with van der Waals surface area (Å²) in [5.74, 6) is 0. The molecule has 62 valence electrons.